The topological polar surface area (TPSA) is 95.9 Å². The number of aromatic nitrogens is 5. The Labute approximate surface area is 117 Å². The molecule has 0 aliphatic carbocycles. The van der Waals surface area contributed by atoms with E-state index in [0.717, 1.165) is 17.3 Å². The summed E-state index contributed by atoms with van der Waals surface area (Å²) in [4.78, 5) is 15.5. The lowest BCUT2D eigenvalue weighted by Gasteiger charge is -2.00. The zero-order valence-electron chi connectivity index (χ0n) is 10.4. The number of hydrogen-bond acceptors (Lipinski definition) is 8. The fourth-order valence-electron chi connectivity index (χ4n) is 1.53. The Morgan fingerprint density at radius 1 is 1.45 bits per heavy atom. The van der Waals surface area contributed by atoms with Crippen LogP contribution in [0.3, 0.4) is 0 Å². The van der Waals surface area contributed by atoms with Gasteiger partial charge in [0.05, 0.1) is 7.11 Å². The monoisotopic (exact) mass is 291 g/mol. The van der Waals surface area contributed by atoms with E-state index in [2.05, 4.69) is 25.2 Å². The maximum Gasteiger partial charge on any atom is 0.327 e. The summed E-state index contributed by atoms with van der Waals surface area (Å²) in [6, 6.07) is 7.41. The molecule has 0 aliphatic heterocycles. The third-order valence-corrected chi connectivity index (χ3v) is 3.28. The normalized spacial score (nSPS) is 10.8. The van der Waals surface area contributed by atoms with Crippen molar-refractivity contribution in [3.05, 3.63) is 24.3 Å². The van der Waals surface area contributed by atoms with Crippen LogP contribution >= 0.6 is 11.8 Å². The second-order valence-electron chi connectivity index (χ2n) is 3.74. The van der Waals surface area contributed by atoms with E-state index < -0.39 is 5.97 Å². The fraction of sp³-hybridized carbons (Fsp3) is 0.182. The van der Waals surface area contributed by atoms with E-state index in [-0.39, 0.29) is 6.54 Å². The van der Waals surface area contributed by atoms with Crippen molar-refractivity contribution in [3.8, 4) is 0 Å². The quantitative estimate of drug-likeness (QED) is 0.660. The number of para-hydroxylation sites is 2. The maximum absolute atomic E-state index is 11.2. The van der Waals surface area contributed by atoms with Gasteiger partial charge in [0.25, 0.3) is 5.22 Å². The van der Waals surface area contributed by atoms with Gasteiger partial charge in [-0.25, -0.2) is 9.67 Å². The molecule has 0 bridgehead atoms. The highest BCUT2D eigenvalue weighted by molar-refractivity contribution is 7.99. The first-order valence-electron chi connectivity index (χ1n) is 5.62. The molecule has 0 aliphatic rings. The van der Waals surface area contributed by atoms with E-state index >= 15 is 0 Å². The zero-order chi connectivity index (χ0) is 13.9. The first-order chi connectivity index (χ1) is 9.76. The minimum absolute atomic E-state index is 0.0634. The van der Waals surface area contributed by atoms with Gasteiger partial charge in [0, 0.05) is 11.8 Å². The SMILES string of the molecule is COC(=O)Cn1nnnc1Sc1nc2ccccc2o1. The number of carbonyl (C=O) groups excluding carboxylic acids is 1. The van der Waals surface area contributed by atoms with Crippen LogP contribution in [0.15, 0.2) is 39.1 Å². The number of nitrogens with zero attached hydrogens (tertiary/aromatic N) is 5. The van der Waals surface area contributed by atoms with Crippen molar-refractivity contribution in [2.75, 3.05) is 7.11 Å². The Morgan fingerprint density at radius 2 is 2.30 bits per heavy atom. The number of tetrazole rings is 1. The molecule has 0 radical (unpaired) electrons. The molecule has 0 amide bonds. The largest absolute Gasteiger partial charge is 0.468 e. The predicted molar refractivity (Wildman–Crippen MR) is 68.0 cm³/mol. The molecule has 3 rings (SSSR count). The second-order valence-corrected chi connectivity index (χ2v) is 4.66. The minimum atomic E-state index is -0.434. The molecule has 0 saturated carbocycles. The van der Waals surface area contributed by atoms with Crippen molar-refractivity contribution in [2.24, 2.45) is 0 Å². The second kappa shape index (κ2) is 5.29. The molecule has 20 heavy (non-hydrogen) atoms. The van der Waals surface area contributed by atoms with Crippen LogP contribution in [-0.2, 0) is 16.1 Å². The number of fused-ring (bicyclic) bond motifs is 1. The van der Waals surface area contributed by atoms with Crippen LogP contribution < -0.4 is 0 Å². The van der Waals surface area contributed by atoms with E-state index in [0.29, 0.717) is 16.0 Å². The van der Waals surface area contributed by atoms with Gasteiger partial charge in [-0.1, -0.05) is 12.1 Å². The molecule has 1 aromatic carbocycles. The number of methoxy groups -OCH3 is 1. The van der Waals surface area contributed by atoms with Crippen LogP contribution in [0.4, 0.5) is 0 Å². The third kappa shape index (κ3) is 2.48. The van der Waals surface area contributed by atoms with Crippen LogP contribution in [0.2, 0.25) is 0 Å². The van der Waals surface area contributed by atoms with Gasteiger partial charge in [-0.3, -0.25) is 4.79 Å². The van der Waals surface area contributed by atoms with Crippen LogP contribution in [-0.4, -0.2) is 38.3 Å². The summed E-state index contributed by atoms with van der Waals surface area (Å²) < 4.78 is 11.5. The van der Waals surface area contributed by atoms with Gasteiger partial charge in [0.2, 0.25) is 5.16 Å². The fourth-order valence-corrected chi connectivity index (χ4v) is 2.24. The summed E-state index contributed by atoms with van der Waals surface area (Å²) in [5.74, 6) is -0.434. The molecule has 0 spiro atoms. The highest BCUT2D eigenvalue weighted by Gasteiger charge is 2.15. The number of benzene rings is 1. The van der Waals surface area contributed by atoms with E-state index in [1.165, 1.54) is 11.8 Å². The summed E-state index contributed by atoms with van der Waals surface area (Å²) in [6.45, 7) is -0.0634. The van der Waals surface area contributed by atoms with E-state index in [9.17, 15) is 4.79 Å². The minimum Gasteiger partial charge on any atom is -0.468 e. The van der Waals surface area contributed by atoms with Crippen LogP contribution in [0.5, 0.6) is 0 Å². The Kier molecular flexibility index (Phi) is 3.33. The molecule has 0 unspecified atom stereocenters. The molecular weight excluding hydrogens is 282 g/mol. The van der Waals surface area contributed by atoms with Crippen molar-refractivity contribution in [2.45, 2.75) is 16.9 Å². The van der Waals surface area contributed by atoms with Crippen molar-refractivity contribution in [1.82, 2.24) is 25.2 Å². The van der Waals surface area contributed by atoms with Gasteiger partial charge in [0.15, 0.2) is 5.58 Å². The van der Waals surface area contributed by atoms with Crippen LogP contribution in [0, 0.1) is 0 Å². The highest BCUT2D eigenvalue weighted by Crippen LogP contribution is 2.27. The Balaban J connectivity index is 1.84. The molecule has 9 heteroatoms. The average Bonchev–Trinajstić information content (AvgIpc) is 3.05. The van der Waals surface area contributed by atoms with E-state index in [1.54, 1.807) is 0 Å². The third-order valence-electron chi connectivity index (χ3n) is 2.46. The number of esters is 1. The lowest BCUT2D eigenvalue weighted by atomic mass is 10.3. The maximum atomic E-state index is 11.2. The molecule has 102 valence electrons. The van der Waals surface area contributed by atoms with Crippen LogP contribution in [0.1, 0.15) is 0 Å². The van der Waals surface area contributed by atoms with Crippen molar-refractivity contribution < 1.29 is 13.9 Å². The van der Waals surface area contributed by atoms with Crippen LogP contribution in [0.25, 0.3) is 11.1 Å². The molecule has 2 heterocycles. The first kappa shape index (κ1) is 12.6. The van der Waals surface area contributed by atoms with Gasteiger partial charge in [0.1, 0.15) is 12.1 Å². The number of ether oxygens (including phenoxy) is 1. The number of rotatable bonds is 4. The number of carbonyl (C=O) groups is 1. The molecule has 8 nitrogen and oxygen atoms in total. The lowest BCUT2D eigenvalue weighted by molar-refractivity contribution is -0.141. The van der Waals surface area contributed by atoms with Gasteiger partial charge >= 0.3 is 5.97 Å². The molecule has 2 aromatic heterocycles. The smallest absolute Gasteiger partial charge is 0.327 e. The standard InChI is InChI=1S/C11H9N5O3S/c1-18-9(17)6-16-10(13-14-15-16)20-11-12-7-4-2-3-5-8(7)19-11/h2-5H,6H2,1H3. The van der Waals surface area contributed by atoms with E-state index in [1.807, 2.05) is 24.3 Å². The molecular formula is C11H9N5O3S. The van der Waals surface area contributed by atoms with Gasteiger partial charge < -0.3 is 9.15 Å². The lowest BCUT2D eigenvalue weighted by Crippen LogP contribution is -2.13. The summed E-state index contributed by atoms with van der Waals surface area (Å²) >= 11 is 1.14. The van der Waals surface area contributed by atoms with Crippen molar-refractivity contribution in [3.63, 3.8) is 0 Å². The summed E-state index contributed by atoms with van der Waals surface area (Å²) in [6.07, 6.45) is 0. The van der Waals surface area contributed by atoms with E-state index in [4.69, 9.17) is 4.42 Å². The van der Waals surface area contributed by atoms with Gasteiger partial charge in [-0.05, 0) is 22.6 Å². The predicted octanol–water partition coefficient (Wildman–Crippen LogP) is 1.14. The van der Waals surface area contributed by atoms with Gasteiger partial charge in [-0.15, -0.1) is 5.10 Å². The molecule has 0 saturated heterocycles. The average molecular weight is 291 g/mol. The Morgan fingerprint density at radius 3 is 3.10 bits per heavy atom. The first-order valence-corrected chi connectivity index (χ1v) is 6.44. The van der Waals surface area contributed by atoms with Crippen molar-refractivity contribution in [1.29, 1.82) is 0 Å². The summed E-state index contributed by atoms with van der Waals surface area (Å²) in [7, 11) is 1.31. The highest BCUT2D eigenvalue weighted by atomic mass is 32.2. The summed E-state index contributed by atoms with van der Waals surface area (Å²) in [5.41, 5.74) is 1.43. The van der Waals surface area contributed by atoms with Crippen molar-refractivity contribution >= 4 is 28.8 Å². The number of oxazole rings is 1. The zero-order valence-corrected chi connectivity index (χ0v) is 11.2. The van der Waals surface area contributed by atoms with Gasteiger partial charge in [-0.2, -0.15) is 0 Å². The Bertz CT molecular complexity index is 720. The molecule has 0 N–H and O–H groups in total. The Hall–Kier alpha value is -2.42. The summed E-state index contributed by atoms with van der Waals surface area (Å²) in [5, 5.41) is 11.9. The molecule has 0 atom stereocenters. The molecule has 3 aromatic rings. The molecule has 0 fully saturated rings. The number of hydrogen-bond donors (Lipinski definition) is 0.